The maximum Gasteiger partial charge on any atom is 0.338 e. The Hall–Kier alpha value is -2.76. The third-order valence-corrected chi connectivity index (χ3v) is 3.15. The molecule has 0 atom stereocenters. The molecule has 4 nitrogen and oxygen atoms in total. The molecule has 2 aromatic carbocycles. The summed E-state index contributed by atoms with van der Waals surface area (Å²) in [5.74, 6) is -3.00. The van der Waals surface area contributed by atoms with Gasteiger partial charge in [0, 0.05) is 6.07 Å². The van der Waals surface area contributed by atoms with Crippen LogP contribution in [0.3, 0.4) is 0 Å². The van der Waals surface area contributed by atoms with Crippen LogP contribution in [0.2, 0.25) is 0 Å². The van der Waals surface area contributed by atoms with E-state index < -0.39 is 30.1 Å². The number of benzene rings is 2. The molecule has 1 N–H and O–H groups in total. The first kappa shape index (κ1) is 16.6. The molecule has 0 spiro atoms. The van der Waals surface area contributed by atoms with Crippen molar-refractivity contribution in [1.29, 1.82) is 0 Å². The van der Waals surface area contributed by atoms with Gasteiger partial charge in [0.15, 0.2) is 6.61 Å². The highest BCUT2D eigenvalue weighted by Crippen LogP contribution is 2.15. The first-order chi connectivity index (χ1) is 10.9. The fourth-order valence-electron chi connectivity index (χ4n) is 1.94. The number of halogens is 2. The normalized spacial score (nSPS) is 10.3. The summed E-state index contributed by atoms with van der Waals surface area (Å²) in [6.45, 7) is 3.02. The van der Waals surface area contributed by atoms with Gasteiger partial charge in [0.25, 0.3) is 5.91 Å². The van der Waals surface area contributed by atoms with Crippen LogP contribution in [0.5, 0.6) is 0 Å². The van der Waals surface area contributed by atoms with E-state index in [4.69, 9.17) is 4.74 Å². The van der Waals surface area contributed by atoms with Crippen molar-refractivity contribution in [1.82, 2.24) is 0 Å². The summed E-state index contributed by atoms with van der Waals surface area (Å²) in [6.07, 6.45) is 0. The van der Waals surface area contributed by atoms with Gasteiger partial charge < -0.3 is 10.1 Å². The SMILES string of the molecule is Cc1ccc(C)c(C(=O)OCC(=O)Nc2ccc(F)cc2F)c1. The van der Waals surface area contributed by atoms with Gasteiger partial charge in [-0.3, -0.25) is 4.79 Å². The Bertz CT molecular complexity index is 759. The van der Waals surface area contributed by atoms with E-state index >= 15 is 0 Å². The van der Waals surface area contributed by atoms with Crippen LogP contribution in [0.4, 0.5) is 14.5 Å². The molecule has 0 saturated carbocycles. The average Bonchev–Trinajstić information content (AvgIpc) is 2.50. The second kappa shape index (κ2) is 7.00. The van der Waals surface area contributed by atoms with E-state index in [0.717, 1.165) is 23.3 Å². The number of anilines is 1. The molecule has 2 rings (SSSR count). The van der Waals surface area contributed by atoms with Crippen LogP contribution in [-0.2, 0) is 9.53 Å². The van der Waals surface area contributed by atoms with Crippen LogP contribution in [0.1, 0.15) is 21.5 Å². The first-order valence-corrected chi connectivity index (χ1v) is 6.86. The lowest BCUT2D eigenvalue weighted by molar-refractivity contribution is -0.119. The zero-order valence-electron chi connectivity index (χ0n) is 12.7. The molecule has 0 saturated heterocycles. The highest BCUT2D eigenvalue weighted by molar-refractivity contribution is 5.96. The first-order valence-electron chi connectivity index (χ1n) is 6.86. The van der Waals surface area contributed by atoms with Crippen molar-refractivity contribution in [2.45, 2.75) is 13.8 Å². The standard InChI is InChI=1S/C17H15F2NO3/c1-10-3-4-11(2)13(7-10)17(22)23-9-16(21)20-15-6-5-12(18)8-14(15)19/h3-8H,9H2,1-2H3,(H,20,21). The number of hydrogen-bond donors (Lipinski definition) is 1. The molecule has 0 aliphatic rings. The van der Waals surface area contributed by atoms with Crippen molar-refractivity contribution >= 4 is 17.6 Å². The Morgan fingerprint density at radius 3 is 2.52 bits per heavy atom. The Labute approximate surface area is 132 Å². The molecule has 0 aromatic heterocycles. The molecule has 6 heteroatoms. The van der Waals surface area contributed by atoms with Gasteiger partial charge in [0.1, 0.15) is 11.6 Å². The van der Waals surface area contributed by atoms with E-state index in [1.54, 1.807) is 19.1 Å². The number of aryl methyl sites for hydroxylation is 2. The van der Waals surface area contributed by atoms with Gasteiger partial charge in [-0.25, -0.2) is 13.6 Å². The predicted molar refractivity (Wildman–Crippen MR) is 81.2 cm³/mol. The minimum Gasteiger partial charge on any atom is -0.452 e. The average molecular weight is 319 g/mol. The van der Waals surface area contributed by atoms with Gasteiger partial charge in [-0.1, -0.05) is 17.7 Å². The number of nitrogens with one attached hydrogen (secondary N) is 1. The summed E-state index contributed by atoms with van der Waals surface area (Å²) < 4.78 is 31.1. The lowest BCUT2D eigenvalue weighted by Gasteiger charge is -2.09. The highest BCUT2D eigenvalue weighted by atomic mass is 19.1. The monoisotopic (exact) mass is 319 g/mol. The van der Waals surface area contributed by atoms with Crippen LogP contribution in [0.15, 0.2) is 36.4 Å². The van der Waals surface area contributed by atoms with E-state index in [1.807, 2.05) is 13.0 Å². The summed E-state index contributed by atoms with van der Waals surface area (Å²) in [5.41, 5.74) is 1.80. The maximum atomic E-state index is 13.4. The Morgan fingerprint density at radius 2 is 1.83 bits per heavy atom. The fraction of sp³-hybridized carbons (Fsp3) is 0.176. The summed E-state index contributed by atoms with van der Waals surface area (Å²) >= 11 is 0. The van der Waals surface area contributed by atoms with E-state index in [2.05, 4.69) is 5.32 Å². The van der Waals surface area contributed by atoms with E-state index in [9.17, 15) is 18.4 Å². The third-order valence-electron chi connectivity index (χ3n) is 3.15. The van der Waals surface area contributed by atoms with Crippen LogP contribution >= 0.6 is 0 Å². The van der Waals surface area contributed by atoms with Crippen molar-refractivity contribution in [3.8, 4) is 0 Å². The molecule has 0 radical (unpaired) electrons. The number of esters is 1. The van der Waals surface area contributed by atoms with Crippen LogP contribution in [0.25, 0.3) is 0 Å². The molecule has 0 aliphatic carbocycles. The molecule has 0 aliphatic heterocycles. The predicted octanol–water partition coefficient (Wildman–Crippen LogP) is 3.38. The molecular formula is C17H15F2NO3. The molecule has 0 fully saturated rings. The number of ether oxygens (including phenoxy) is 1. The quantitative estimate of drug-likeness (QED) is 0.879. The molecule has 23 heavy (non-hydrogen) atoms. The largest absolute Gasteiger partial charge is 0.452 e. The summed E-state index contributed by atoms with van der Waals surface area (Å²) in [5, 5.41) is 2.21. The second-order valence-corrected chi connectivity index (χ2v) is 5.07. The second-order valence-electron chi connectivity index (χ2n) is 5.07. The van der Waals surface area contributed by atoms with Crippen molar-refractivity contribution in [2.24, 2.45) is 0 Å². The molecule has 120 valence electrons. The number of carbonyl (C=O) groups excluding carboxylic acids is 2. The Morgan fingerprint density at radius 1 is 1.09 bits per heavy atom. The van der Waals surface area contributed by atoms with Gasteiger partial charge in [0.2, 0.25) is 0 Å². The third kappa shape index (κ3) is 4.35. The van der Waals surface area contributed by atoms with Gasteiger partial charge in [-0.15, -0.1) is 0 Å². The smallest absolute Gasteiger partial charge is 0.338 e. The lowest BCUT2D eigenvalue weighted by atomic mass is 10.1. The van der Waals surface area contributed by atoms with Crippen molar-refractivity contribution in [3.63, 3.8) is 0 Å². The van der Waals surface area contributed by atoms with Gasteiger partial charge in [-0.05, 0) is 37.6 Å². The lowest BCUT2D eigenvalue weighted by Crippen LogP contribution is -2.21. The fourth-order valence-corrected chi connectivity index (χ4v) is 1.94. The highest BCUT2D eigenvalue weighted by Gasteiger charge is 2.14. The topological polar surface area (TPSA) is 55.4 Å². The van der Waals surface area contributed by atoms with Gasteiger partial charge in [-0.2, -0.15) is 0 Å². The summed E-state index contributed by atoms with van der Waals surface area (Å²) in [6, 6.07) is 8.05. The minimum absolute atomic E-state index is 0.181. The number of amides is 1. The number of rotatable bonds is 4. The number of carbonyl (C=O) groups is 2. The van der Waals surface area contributed by atoms with Crippen molar-refractivity contribution < 1.29 is 23.1 Å². The number of hydrogen-bond acceptors (Lipinski definition) is 3. The van der Waals surface area contributed by atoms with Crippen LogP contribution in [0, 0.1) is 25.5 Å². The molecule has 0 heterocycles. The van der Waals surface area contributed by atoms with Crippen LogP contribution < -0.4 is 5.32 Å². The molecular weight excluding hydrogens is 304 g/mol. The Kier molecular flexibility index (Phi) is 5.05. The zero-order valence-corrected chi connectivity index (χ0v) is 12.7. The maximum absolute atomic E-state index is 13.4. The summed E-state index contributed by atoms with van der Waals surface area (Å²) in [7, 11) is 0. The summed E-state index contributed by atoms with van der Waals surface area (Å²) in [4.78, 5) is 23.6. The van der Waals surface area contributed by atoms with Gasteiger partial charge in [0.05, 0.1) is 11.3 Å². The molecule has 0 unspecified atom stereocenters. The van der Waals surface area contributed by atoms with E-state index in [0.29, 0.717) is 11.6 Å². The van der Waals surface area contributed by atoms with E-state index in [1.165, 1.54) is 0 Å². The van der Waals surface area contributed by atoms with Gasteiger partial charge >= 0.3 is 5.97 Å². The zero-order chi connectivity index (χ0) is 17.0. The molecule has 0 bridgehead atoms. The van der Waals surface area contributed by atoms with Crippen molar-refractivity contribution in [3.05, 3.63) is 64.7 Å². The van der Waals surface area contributed by atoms with Crippen LogP contribution in [-0.4, -0.2) is 18.5 Å². The molecule has 2 aromatic rings. The minimum atomic E-state index is -0.904. The Balaban J connectivity index is 1.96. The van der Waals surface area contributed by atoms with Crippen molar-refractivity contribution in [2.75, 3.05) is 11.9 Å². The van der Waals surface area contributed by atoms with E-state index in [-0.39, 0.29) is 5.69 Å². The molecule has 1 amide bonds.